The number of aromatic nitrogens is 1. The van der Waals surface area contributed by atoms with Gasteiger partial charge in [-0.25, -0.2) is 0 Å². The van der Waals surface area contributed by atoms with Crippen LogP contribution in [0.3, 0.4) is 0 Å². The van der Waals surface area contributed by atoms with Gasteiger partial charge in [-0.2, -0.15) is 0 Å². The number of hydrogen-bond donors (Lipinski definition) is 0. The second-order valence-corrected chi connectivity index (χ2v) is 8.89. The molecule has 3 nitrogen and oxygen atoms in total. The van der Waals surface area contributed by atoms with Gasteiger partial charge in [0.25, 0.3) is 5.56 Å². The van der Waals surface area contributed by atoms with Gasteiger partial charge in [0.15, 0.2) is 5.76 Å². The summed E-state index contributed by atoms with van der Waals surface area (Å²) in [6.45, 7) is 0. The minimum Gasteiger partial charge on any atom is -0.453 e. The first-order valence-corrected chi connectivity index (χ1v) is 11.2. The molecule has 3 aromatic heterocycles. The molecule has 154 valence electrons. The normalized spacial score (nSPS) is 16.4. The summed E-state index contributed by atoms with van der Waals surface area (Å²) in [5, 5.41) is 4.99. The van der Waals surface area contributed by atoms with Gasteiger partial charge in [-0.1, -0.05) is 91.0 Å². The zero-order valence-electron chi connectivity index (χ0n) is 17.6. The maximum absolute atomic E-state index is 14.0. The van der Waals surface area contributed by atoms with Crippen molar-refractivity contribution < 1.29 is 4.42 Å². The molecule has 0 saturated heterocycles. The lowest BCUT2D eigenvalue weighted by Gasteiger charge is -2.07. The van der Waals surface area contributed by atoms with Crippen LogP contribution in [0, 0.1) is 5.92 Å². The van der Waals surface area contributed by atoms with Crippen molar-refractivity contribution in [1.82, 2.24) is 4.40 Å². The molecule has 3 heterocycles. The topological polar surface area (TPSA) is 34.6 Å². The van der Waals surface area contributed by atoms with Crippen LogP contribution in [0.2, 0.25) is 0 Å². The Morgan fingerprint density at radius 1 is 0.667 bits per heavy atom. The first kappa shape index (κ1) is 17.2. The van der Waals surface area contributed by atoms with Crippen molar-refractivity contribution >= 4 is 39.3 Å². The Bertz CT molecular complexity index is 1970. The molecule has 0 spiro atoms. The molecule has 0 bridgehead atoms. The molecule has 2 aliphatic rings. The van der Waals surface area contributed by atoms with Gasteiger partial charge in [-0.3, -0.25) is 9.20 Å². The molecule has 0 amide bonds. The van der Waals surface area contributed by atoms with E-state index in [1.807, 2.05) is 52.9 Å². The lowest BCUT2D eigenvalue weighted by atomic mass is 10.0. The maximum Gasteiger partial charge on any atom is 0.263 e. The third kappa shape index (κ3) is 2.16. The van der Waals surface area contributed by atoms with Gasteiger partial charge >= 0.3 is 0 Å². The van der Waals surface area contributed by atoms with E-state index in [1.165, 1.54) is 5.57 Å². The molecule has 3 aromatic carbocycles. The standard InChI is InChI=1S/C30H17NO2/c32-30-24-16-20-14-19(20)15-23(24)21-12-7-13-22-25-27(31(30)26(21)22)29(18-10-5-2-6-11-18)33-28(25)17-8-3-1-4-9-17/h1-16,19H/t19-/m1/s1. The molecular weight excluding hydrogens is 406 g/mol. The average Bonchev–Trinajstić information content (AvgIpc) is 3.40. The Morgan fingerprint density at radius 3 is 2.12 bits per heavy atom. The number of rotatable bonds is 2. The first-order valence-electron chi connectivity index (χ1n) is 11.2. The van der Waals surface area contributed by atoms with Crippen LogP contribution in [0.15, 0.2) is 99.7 Å². The van der Waals surface area contributed by atoms with Crippen LogP contribution in [0.4, 0.5) is 0 Å². The van der Waals surface area contributed by atoms with Crippen LogP contribution in [0.5, 0.6) is 0 Å². The molecule has 33 heavy (non-hydrogen) atoms. The van der Waals surface area contributed by atoms with Crippen molar-refractivity contribution in [3.8, 4) is 22.6 Å². The van der Waals surface area contributed by atoms with E-state index < -0.39 is 0 Å². The third-order valence-electron chi connectivity index (χ3n) is 7.03. The van der Waals surface area contributed by atoms with Gasteiger partial charge in [-0.15, -0.1) is 0 Å². The summed E-state index contributed by atoms with van der Waals surface area (Å²) >= 11 is 0. The Morgan fingerprint density at radius 2 is 1.36 bits per heavy atom. The Balaban J connectivity index is 1.68. The highest BCUT2D eigenvalue weighted by Gasteiger charge is 2.28. The molecule has 8 rings (SSSR count). The molecule has 0 N–H and O–H groups in total. The van der Waals surface area contributed by atoms with E-state index in [2.05, 4.69) is 48.6 Å². The van der Waals surface area contributed by atoms with Gasteiger partial charge in [0.2, 0.25) is 0 Å². The van der Waals surface area contributed by atoms with Gasteiger partial charge in [0, 0.05) is 33.0 Å². The zero-order chi connectivity index (χ0) is 21.7. The monoisotopic (exact) mass is 423 g/mol. The van der Waals surface area contributed by atoms with Crippen LogP contribution in [0.1, 0.15) is 0 Å². The predicted molar refractivity (Wildman–Crippen MR) is 133 cm³/mol. The van der Waals surface area contributed by atoms with Crippen molar-refractivity contribution in [2.45, 2.75) is 0 Å². The Hall–Kier alpha value is -4.37. The lowest BCUT2D eigenvalue weighted by Crippen LogP contribution is -2.44. The van der Waals surface area contributed by atoms with Crippen LogP contribution in [-0.4, -0.2) is 4.40 Å². The summed E-state index contributed by atoms with van der Waals surface area (Å²) in [4.78, 5) is 14.0. The van der Waals surface area contributed by atoms with E-state index in [-0.39, 0.29) is 5.56 Å². The number of benzene rings is 3. The van der Waals surface area contributed by atoms with E-state index in [0.29, 0.717) is 5.92 Å². The Labute approximate surface area is 188 Å². The van der Waals surface area contributed by atoms with E-state index in [0.717, 1.165) is 60.3 Å². The van der Waals surface area contributed by atoms with Crippen molar-refractivity contribution in [2.75, 3.05) is 0 Å². The van der Waals surface area contributed by atoms with Crippen molar-refractivity contribution in [1.29, 1.82) is 0 Å². The number of furan rings is 1. The van der Waals surface area contributed by atoms with Gasteiger partial charge in [0.1, 0.15) is 11.3 Å². The number of nitrogens with zero attached hydrogens (tertiary/aromatic N) is 1. The van der Waals surface area contributed by atoms with Crippen LogP contribution in [0.25, 0.3) is 62.0 Å². The maximum atomic E-state index is 14.0. The summed E-state index contributed by atoms with van der Waals surface area (Å²) < 4.78 is 8.48. The number of para-hydroxylation sites is 1. The summed E-state index contributed by atoms with van der Waals surface area (Å²) in [7, 11) is 0. The molecular formula is C30H17NO2. The number of hydrogen-bond acceptors (Lipinski definition) is 2. The smallest absolute Gasteiger partial charge is 0.263 e. The first-order chi connectivity index (χ1) is 16.3. The largest absolute Gasteiger partial charge is 0.453 e. The fraction of sp³-hybridized carbons (Fsp3) is 0.0333. The van der Waals surface area contributed by atoms with E-state index in [1.54, 1.807) is 0 Å². The lowest BCUT2D eigenvalue weighted by molar-refractivity contribution is 0.601. The molecule has 2 aliphatic carbocycles. The minimum absolute atomic E-state index is 0.0174. The van der Waals surface area contributed by atoms with Crippen LogP contribution in [-0.2, 0) is 0 Å². The van der Waals surface area contributed by atoms with E-state index in [4.69, 9.17) is 4.42 Å². The van der Waals surface area contributed by atoms with Crippen molar-refractivity contribution in [3.63, 3.8) is 0 Å². The number of pyridine rings is 1. The minimum atomic E-state index is 0.0174. The summed E-state index contributed by atoms with van der Waals surface area (Å²) in [5.41, 5.74) is 5.04. The average molecular weight is 423 g/mol. The fourth-order valence-corrected chi connectivity index (χ4v) is 5.48. The molecule has 1 atom stereocenters. The van der Waals surface area contributed by atoms with Crippen molar-refractivity contribution in [3.05, 3.63) is 111 Å². The molecule has 0 aliphatic heterocycles. The highest BCUT2D eigenvalue weighted by Crippen LogP contribution is 2.44. The highest BCUT2D eigenvalue weighted by molar-refractivity contribution is 6.21. The summed E-state index contributed by atoms with van der Waals surface area (Å²) in [6, 6.07) is 26.6. The van der Waals surface area contributed by atoms with Gasteiger partial charge in [-0.05, 0) is 16.9 Å². The predicted octanol–water partition coefficient (Wildman–Crippen LogP) is 5.10. The second kappa shape index (κ2) is 5.90. The SMILES string of the molecule is O=c1c2c(c3cccc4c5c(-c6ccccc6)oc(-c6ccccc6)c5n1c34)=C[C@H]1C=C1C=2. The molecule has 0 radical (unpaired) electrons. The second-order valence-electron chi connectivity index (χ2n) is 8.89. The van der Waals surface area contributed by atoms with Gasteiger partial charge in [0.05, 0.1) is 10.9 Å². The molecule has 0 unspecified atom stereocenters. The number of fused-ring (bicyclic) bond motifs is 6. The summed E-state index contributed by atoms with van der Waals surface area (Å²) in [5.74, 6) is 1.91. The molecule has 0 fully saturated rings. The van der Waals surface area contributed by atoms with E-state index in [9.17, 15) is 4.79 Å². The third-order valence-corrected chi connectivity index (χ3v) is 7.03. The molecule has 6 aromatic rings. The van der Waals surface area contributed by atoms with Crippen molar-refractivity contribution in [2.24, 2.45) is 5.92 Å². The van der Waals surface area contributed by atoms with Crippen LogP contribution < -0.4 is 16.0 Å². The van der Waals surface area contributed by atoms with Crippen LogP contribution >= 0.6 is 0 Å². The zero-order valence-corrected chi connectivity index (χ0v) is 17.6. The Kier molecular flexibility index (Phi) is 3.08. The fourth-order valence-electron chi connectivity index (χ4n) is 5.48. The quantitative estimate of drug-likeness (QED) is 0.388. The highest BCUT2D eigenvalue weighted by atomic mass is 16.3. The number of allylic oxidation sites excluding steroid dienone is 2. The molecule has 3 heteroatoms. The van der Waals surface area contributed by atoms with E-state index >= 15 is 0 Å². The van der Waals surface area contributed by atoms with Gasteiger partial charge < -0.3 is 4.42 Å². The molecule has 0 saturated carbocycles. The summed E-state index contributed by atoms with van der Waals surface area (Å²) in [6.07, 6.45) is 6.51.